The lowest BCUT2D eigenvalue weighted by Crippen LogP contribution is -1.98. The normalized spacial score (nSPS) is 11.0. The Morgan fingerprint density at radius 2 is 1.44 bits per heavy atom. The Morgan fingerprint density at radius 1 is 0.760 bits per heavy atom. The van der Waals surface area contributed by atoms with E-state index in [9.17, 15) is 0 Å². The van der Waals surface area contributed by atoms with E-state index in [1.54, 1.807) is 7.11 Å². The first-order valence-corrected chi connectivity index (χ1v) is 8.54. The summed E-state index contributed by atoms with van der Waals surface area (Å²) in [6.45, 7) is 2.59. The molecule has 0 aliphatic heterocycles. The molecule has 0 aliphatic carbocycles. The van der Waals surface area contributed by atoms with Gasteiger partial charge in [-0.25, -0.2) is 0 Å². The van der Waals surface area contributed by atoms with Gasteiger partial charge in [0.05, 0.1) is 13.7 Å². The van der Waals surface area contributed by atoms with E-state index < -0.39 is 0 Å². The molecule has 4 rings (SSSR count). The molecular weight excluding hydrogens is 308 g/mol. The average Bonchev–Trinajstić information content (AvgIpc) is 2.67. The van der Waals surface area contributed by atoms with E-state index in [-0.39, 0.29) is 0 Å². The van der Waals surface area contributed by atoms with Crippen molar-refractivity contribution in [2.24, 2.45) is 0 Å². The molecule has 0 heterocycles. The van der Waals surface area contributed by atoms with E-state index >= 15 is 0 Å². The molecule has 0 saturated heterocycles. The predicted octanol–water partition coefficient (Wildman–Crippen LogP) is 6.07. The molecule has 0 atom stereocenters. The summed E-state index contributed by atoms with van der Waals surface area (Å²) in [7, 11) is 1.71. The van der Waals surface area contributed by atoms with Crippen molar-refractivity contribution in [3.05, 3.63) is 72.8 Å². The minimum absolute atomic E-state index is 0.601. The Morgan fingerprint density at radius 3 is 2.20 bits per heavy atom. The third-order valence-corrected chi connectivity index (χ3v) is 4.53. The van der Waals surface area contributed by atoms with Crippen molar-refractivity contribution >= 4 is 21.5 Å². The summed E-state index contributed by atoms with van der Waals surface area (Å²) in [5.74, 6) is 1.57. The zero-order valence-electron chi connectivity index (χ0n) is 14.5. The molecule has 0 aromatic heterocycles. The molecule has 4 aromatic carbocycles. The molecule has 0 unspecified atom stereocenters. The second-order valence-electron chi connectivity index (χ2n) is 5.96. The van der Waals surface area contributed by atoms with Gasteiger partial charge in [0, 0.05) is 5.56 Å². The van der Waals surface area contributed by atoms with Gasteiger partial charge in [0.1, 0.15) is 0 Å². The first-order chi connectivity index (χ1) is 12.3. The Labute approximate surface area is 147 Å². The lowest BCUT2D eigenvalue weighted by molar-refractivity contribution is 0.312. The Balaban J connectivity index is 2.15. The van der Waals surface area contributed by atoms with Crippen LogP contribution in [0.25, 0.3) is 32.7 Å². The number of benzene rings is 4. The topological polar surface area (TPSA) is 18.5 Å². The molecule has 0 bridgehead atoms. The number of rotatable bonds is 4. The highest BCUT2D eigenvalue weighted by Gasteiger charge is 2.18. The number of fused-ring (bicyclic) bond motifs is 2. The molecule has 4 aromatic rings. The van der Waals surface area contributed by atoms with Crippen LogP contribution in [0.4, 0.5) is 0 Å². The maximum atomic E-state index is 5.89. The fraction of sp³-hybridized carbons (Fsp3) is 0.130. The number of methoxy groups -OCH3 is 1. The van der Waals surface area contributed by atoms with Gasteiger partial charge in [-0.1, -0.05) is 66.7 Å². The van der Waals surface area contributed by atoms with Crippen molar-refractivity contribution in [2.75, 3.05) is 13.7 Å². The third kappa shape index (κ3) is 2.60. The lowest BCUT2D eigenvalue weighted by Gasteiger charge is -2.18. The van der Waals surface area contributed by atoms with Crippen molar-refractivity contribution in [1.82, 2.24) is 0 Å². The zero-order valence-corrected chi connectivity index (χ0v) is 14.5. The van der Waals surface area contributed by atoms with Crippen LogP contribution in [0.3, 0.4) is 0 Å². The predicted molar refractivity (Wildman–Crippen MR) is 105 cm³/mol. The van der Waals surface area contributed by atoms with Crippen LogP contribution in [-0.2, 0) is 0 Å². The van der Waals surface area contributed by atoms with Crippen LogP contribution >= 0.6 is 0 Å². The lowest BCUT2D eigenvalue weighted by atomic mass is 9.92. The molecule has 2 heteroatoms. The second-order valence-corrected chi connectivity index (χ2v) is 5.96. The molecule has 0 amide bonds. The molecule has 2 nitrogen and oxygen atoms in total. The van der Waals surface area contributed by atoms with Gasteiger partial charge < -0.3 is 9.47 Å². The standard InChI is InChI=1S/C23H20O2/c1-3-25-21-15-17-10-5-7-13-19(17)22(23(21)24-2)20-14-8-11-16-9-4-6-12-18(16)20/h4-15H,3H2,1-2H3. The fourth-order valence-electron chi connectivity index (χ4n) is 3.48. The number of hydrogen-bond acceptors (Lipinski definition) is 2. The van der Waals surface area contributed by atoms with E-state index in [1.165, 1.54) is 16.2 Å². The summed E-state index contributed by atoms with van der Waals surface area (Å²) in [6, 6.07) is 25.3. The summed E-state index contributed by atoms with van der Waals surface area (Å²) < 4.78 is 11.7. The molecule has 0 saturated carbocycles. The Kier molecular flexibility index (Phi) is 4.02. The molecule has 0 spiro atoms. The van der Waals surface area contributed by atoms with E-state index in [4.69, 9.17) is 9.47 Å². The summed E-state index contributed by atoms with van der Waals surface area (Å²) in [5.41, 5.74) is 2.24. The molecule has 0 fully saturated rings. The Hall–Kier alpha value is -3.00. The fourth-order valence-corrected chi connectivity index (χ4v) is 3.48. The summed E-state index contributed by atoms with van der Waals surface area (Å²) >= 11 is 0. The van der Waals surface area contributed by atoms with Gasteiger partial charge in [-0.15, -0.1) is 0 Å². The van der Waals surface area contributed by atoms with E-state index in [1.807, 2.05) is 6.92 Å². The third-order valence-electron chi connectivity index (χ3n) is 4.53. The van der Waals surface area contributed by atoms with Crippen molar-refractivity contribution in [2.45, 2.75) is 6.92 Å². The van der Waals surface area contributed by atoms with Crippen LogP contribution in [0.2, 0.25) is 0 Å². The van der Waals surface area contributed by atoms with Crippen molar-refractivity contribution in [3.63, 3.8) is 0 Å². The van der Waals surface area contributed by atoms with E-state index in [2.05, 4.69) is 72.8 Å². The molecule has 0 N–H and O–H groups in total. The maximum Gasteiger partial charge on any atom is 0.169 e. The smallest absolute Gasteiger partial charge is 0.169 e. The van der Waals surface area contributed by atoms with Crippen LogP contribution in [-0.4, -0.2) is 13.7 Å². The number of hydrogen-bond donors (Lipinski definition) is 0. The molecule has 0 aliphatic rings. The van der Waals surface area contributed by atoms with Crippen LogP contribution in [0.15, 0.2) is 72.8 Å². The van der Waals surface area contributed by atoms with Crippen LogP contribution in [0.5, 0.6) is 11.5 Å². The van der Waals surface area contributed by atoms with Crippen molar-refractivity contribution < 1.29 is 9.47 Å². The highest BCUT2D eigenvalue weighted by atomic mass is 16.5. The molecular formula is C23H20O2. The monoisotopic (exact) mass is 328 g/mol. The molecule has 124 valence electrons. The zero-order chi connectivity index (χ0) is 17.2. The van der Waals surface area contributed by atoms with Gasteiger partial charge in [-0.05, 0) is 40.1 Å². The SMILES string of the molecule is CCOc1cc2ccccc2c(-c2cccc3ccccc23)c1OC. The van der Waals surface area contributed by atoms with Gasteiger partial charge in [-0.3, -0.25) is 0 Å². The quantitative estimate of drug-likeness (QED) is 0.453. The van der Waals surface area contributed by atoms with Crippen LogP contribution < -0.4 is 9.47 Å². The van der Waals surface area contributed by atoms with Gasteiger partial charge in [-0.2, -0.15) is 0 Å². The first-order valence-electron chi connectivity index (χ1n) is 8.54. The van der Waals surface area contributed by atoms with Crippen molar-refractivity contribution in [1.29, 1.82) is 0 Å². The van der Waals surface area contributed by atoms with Gasteiger partial charge in [0.2, 0.25) is 0 Å². The highest BCUT2D eigenvalue weighted by Crippen LogP contribution is 2.45. The second kappa shape index (κ2) is 6.48. The molecule has 25 heavy (non-hydrogen) atoms. The van der Waals surface area contributed by atoms with Crippen LogP contribution in [0, 0.1) is 0 Å². The van der Waals surface area contributed by atoms with Gasteiger partial charge >= 0.3 is 0 Å². The van der Waals surface area contributed by atoms with Gasteiger partial charge in [0.25, 0.3) is 0 Å². The summed E-state index contributed by atoms with van der Waals surface area (Å²) in [4.78, 5) is 0. The average molecular weight is 328 g/mol. The minimum Gasteiger partial charge on any atom is -0.492 e. The summed E-state index contributed by atoms with van der Waals surface area (Å²) in [6.07, 6.45) is 0. The minimum atomic E-state index is 0.601. The van der Waals surface area contributed by atoms with E-state index in [0.29, 0.717) is 6.61 Å². The maximum absolute atomic E-state index is 5.89. The van der Waals surface area contributed by atoms with Crippen LogP contribution in [0.1, 0.15) is 6.92 Å². The Bertz CT molecular complexity index is 1050. The number of ether oxygens (including phenoxy) is 2. The van der Waals surface area contributed by atoms with E-state index in [0.717, 1.165) is 28.0 Å². The molecule has 0 radical (unpaired) electrons. The highest BCUT2D eigenvalue weighted by molar-refractivity contribution is 6.08. The first kappa shape index (κ1) is 15.5. The van der Waals surface area contributed by atoms with Crippen molar-refractivity contribution in [3.8, 4) is 22.6 Å². The van der Waals surface area contributed by atoms with Gasteiger partial charge in [0.15, 0.2) is 11.5 Å². The summed E-state index contributed by atoms with van der Waals surface area (Å²) in [5, 5.41) is 4.74. The largest absolute Gasteiger partial charge is 0.492 e.